The predicted molar refractivity (Wildman–Crippen MR) is 84.2 cm³/mol. The van der Waals surface area contributed by atoms with Crippen LogP contribution in [0.15, 0.2) is 24.3 Å². The number of ether oxygens (including phenoxy) is 1. The summed E-state index contributed by atoms with van der Waals surface area (Å²) in [4.78, 5) is 4.62. The van der Waals surface area contributed by atoms with E-state index in [4.69, 9.17) is 10.5 Å². The summed E-state index contributed by atoms with van der Waals surface area (Å²) >= 11 is 0. The summed E-state index contributed by atoms with van der Waals surface area (Å²) in [5.74, 6) is 0. The lowest BCUT2D eigenvalue weighted by molar-refractivity contribution is -0.0676. The average Bonchev–Trinajstić information content (AvgIpc) is 2.47. The minimum Gasteiger partial charge on any atom is -0.378 e. The van der Waals surface area contributed by atoms with Crippen LogP contribution >= 0.6 is 0 Å². The summed E-state index contributed by atoms with van der Waals surface area (Å²) in [6.45, 7) is 5.66. The first-order chi connectivity index (χ1) is 9.67. The fourth-order valence-corrected chi connectivity index (χ4v) is 2.92. The molecule has 1 aromatic rings. The smallest absolute Gasteiger partial charge is 0.0894 e. The first-order valence-corrected chi connectivity index (χ1v) is 7.50. The number of hydrogen-bond donors (Lipinski definition) is 1. The number of anilines is 1. The normalized spacial score (nSPS) is 23.8. The van der Waals surface area contributed by atoms with Gasteiger partial charge < -0.3 is 15.4 Å². The standard InChI is InChI=1S/C16H27N3O/c1-4-9-19-10-11-20-15(12-17)16(19)13-5-7-14(8-6-13)18(2)3/h5-8,15-16H,4,9-12,17H2,1-3H3. The molecule has 20 heavy (non-hydrogen) atoms. The second-order valence-corrected chi connectivity index (χ2v) is 5.61. The largest absolute Gasteiger partial charge is 0.378 e. The Morgan fingerprint density at radius 2 is 2.00 bits per heavy atom. The van der Waals surface area contributed by atoms with Gasteiger partial charge in [-0.05, 0) is 30.7 Å². The van der Waals surface area contributed by atoms with Gasteiger partial charge in [0.05, 0.1) is 18.8 Å². The number of benzene rings is 1. The molecular weight excluding hydrogens is 250 g/mol. The van der Waals surface area contributed by atoms with Crippen molar-refractivity contribution in [1.29, 1.82) is 0 Å². The maximum absolute atomic E-state index is 5.91. The predicted octanol–water partition coefficient (Wildman–Crippen LogP) is 1.86. The van der Waals surface area contributed by atoms with Crippen LogP contribution in [0.3, 0.4) is 0 Å². The van der Waals surface area contributed by atoms with Gasteiger partial charge in [0, 0.05) is 32.9 Å². The molecular formula is C16H27N3O. The van der Waals surface area contributed by atoms with Crippen LogP contribution in [0.25, 0.3) is 0 Å². The zero-order valence-corrected chi connectivity index (χ0v) is 12.9. The lowest BCUT2D eigenvalue weighted by Gasteiger charge is -2.41. The number of morpholine rings is 1. The molecule has 1 aliphatic heterocycles. The topological polar surface area (TPSA) is 41.7 Å². The molecule has 0 aliphatic carbocycles. The molecule has 4 nitrogen and oxygen atoms in total. The quantitative estimate of drug-likeness (QED) is 0.892. The van der Waals surface area contributed by atoms with Gasteiger partial charge in [0.1, 0.15) is 0 Å². The highest BCUT2D eigenvalue weighted by Crippen LogP contribution is 2.30. The van der Waals surface area contributed by atoms with Gasteiger partial charge >= 0.3 is 0 Å². The Morgan fingerprint density at radius 3 is 2.55 bits per heavy atom. The Morgan fingerprint density at radius 1 is 1.30 bits per heavy atom. The molecule has 2 unspecified atom stereocenters. The van der Waals surface area contributed by atoms with Crippen molar-refractivity contribution < 1.29 is 4.74 Å². The highest BCUT2D eigenvalue weighted by molar-refractivity contribution is 5.46. The van der Waals surface area contributed by atoms with Gasteiger partial charge in [-0.25, -0.2) is 0 Å². The van der Waals surface area contributed by atoms with Crippen LogP contribution in [0.4, 0.5) is 5.69 Å². The van der Waals surface area contributed by atoms with Crippen LogP contribution in [0.2, 0.25) is 0 Å². The lowest BCUT2D eigenvalue weighted by atomic mass is 9.97. The SMILES string of the molecule is CCCN1CCOC(CN)C1c1ccc(N(C)C)cc1. The van der Waals surface area contributed by atoms with Crippen LogP contribution in [0.5, 0.6) is 0 Å². The fraction of sp³-hybridized carbons (Fsp3) is 0.625. The van der Waals surface area contributed by atoms with E-state index >= 15 is 0 Å². The highest BCUT2D eigenvalue weighted by atomic mass is 16.5. The fourth-order valence-electron chi connectivity index (χ4n) is 2.92. The molecule has 0 spiro atoms. The summed E-state index contributed by atoms with van der Waals surface area (Å²) < 4.78 is 5.87. The van der Waals surface area contributed by atoms with Crippen LogP contribution < -0.4 is 10.6 Å². The van der Waals surface area contributed by atoms with Crippen molar-refractivity contribution in [2.24, 2.45) is 5.73 Å². The molecule has 1 heterocycles. The summed E-state index contributed by atoms with van der Waals surface area (Å²) in [6.07, 6.45) is 1.25. The summed E-state index contributed by atoms with van der Waals surface area (Å²) in [5.41, 5.74) is 8.43. The average molecular weight is 277 g/mol. The molecule has 2 atom stereocenters. The molecule has 0 amide bonds. The number of hydrogen-bond acceptors (Lipinski definition) is 4. The Labute approximate surface area is 122 Å². The maximum atomic E-state index is 5.91. The van der Waals surface area contributed by atoms with Crippen LogP contribution in [-0.2, 0) is 4.74 Å². The first kappa shape index (κ1) is 15.3. The van der Waals surface area contributed by atoms with Gasteiger partial charge in [0.2, 0.25) is 0 Å². The van der Waals surface area contributed by atoms with E-state index in [1.165, 1.54) is 11.3 Å². The Hall–Kier alpha value is -1.10. The molecule has 4 heteroatoms. The number of rotatable bonds is 5. The molecule has 0 saturated carbocycles. The lowest BCUT2D eigenvalue weighted by Crippen LogP contribution is -2.48. The Bertz CT molecular complexity index is 403. The molecule has 2 N–H and O–H groups in total. The van der Waals surface area contributed by atoms with E-state index in [0.29, 0.717) is 6.54 Å². The molecule has 0 aromatic heterocycles. The Kier molecular flexibility index (Phi) is 5.40. The van der Waals surface area contributed by atoms with E-state index in [9.17, 15) is 0 Å². The minimum absolute atomic E-state index is 0.0977. The summed E-state index contributed by atoms with van der Waals surface area (Å²) in [7, 11) is 4.12. The zero-order chi connectivity index (χ0) is 14.5. The molecule has 0 radical (unpaired) electrons. The number of nitrogens with zero attached hydrogens (tertiary/aromatic N) is 2. The molecule has 112 valence electrons. The van der Waals surface area contributed by atoms with Crippen LogP contribution in [0, 0.1) is 0 Å². The van der Waals surface area contributed by atoms with Crippen molar-refractivity contribution in [2.75, 3.05) is 45.2 Å². The molecule has 1 saturated heterocycles. The van der Waals surface area contributed by atoms with Crippen molar-refractivity contribution in [2.45, 2.75) is 25.5 Å². The third kappa shape index (κ3) is 3.32. The molecule has 1 fully saturated rings. The van der Waals surface area contributed by atoms with E-state index in [1.807, 2.05) is 0 Å². The first-order valence-electron chi connectivity index (χ1n) is 7.50. The third-order valence-electron chi connectivity index (χ3n) is 3.95. The highest BCUT2D eigenvalue weighted by Gasteiger charge is 2.32. The van der Waals surface area contributed by atoms with Gasteiger partial charge in [-0.1, -0.05) is 19.1 Å². The van der Waals surface area contributed by atoms with Gasteiger partial charge in [-0.3, -0.25) is 4.90 Å². The minimum atomic E-state index is 0.0977. The maximum Gasteiger partial charge on any atom is 0.0894 e. The molecule has 2 rings (SSSR count). The van der Waals surface area contributed by atoms with Gasteiger partial charge in [0.15, 0.2) is 0 Å². The third-order valence-corrected chi connectivity index (χ3v) is 3.95. The van der Waals surface area contributed by atoms with Gasteiger partial charge in [-0.2, -0.15) is 0 Å². The van der Waals surface area contributed by atoms with Crippen molar-refractivity contribution in [3.63, 3.8) is 0 Å². The summed E-state index contributed by atoms with van der Waals surface area (Å²) in [6, 6.07) is 9.04. The van der Waals surface area contributed by atoms with E-state index < -0.39 is 0 Å². The van der Waals surface area contributed by atoms with Gasteiger partial charge in [0.25, 0.3) is 0 Å². The monoisotopic (exact) mass is 277 g/mol. The van der Waals surface area contributed by atoms with Crippen LogP contribution in [-0.4, -0.2) is 51.3 Å². The van der Waals surface area contributed by atoms with Crippen LogP contribution in [0.1, 0.15) is 24.9 Å². The van der Waals surface area contributed by atoms with Crippen molar-refractivity contribution in [1.82, 2.24) is 4.90 Å². The van der Waals surface area contributed by atoms with Crippen molar-refractivity contribution in [3.8, 4) is 0 Å². The second kappa shape index (κ2) is 7.07. The van der Waals surface area contributed by atoms with E-state index in [1.54, 1.807) is 0 Å². The Balaban J connectivity index is 2.23. The second-order valence-electron chi connectivity index (χ2n) is 5.61. The molecule has 1 aromatic carbocycles. The summed E-state index contributed by atoms with van der Waals surface area (Å²) in [5, 5.41) is 0. The van der Waals surface area contributed by atoms with Gasteiger partial charge in [-0.15, -0.1) is 0 Å². The van der Waals surface area contributed by atoms with Crippen molar-refractivity contribution in [3.05, 3.63) is 29.8 Å². The van der Waals surface area contributed by atoms with E-state index in [-0.39, 0.29) is 12.1 Å². The number of nitrogens with two attached hydrogens (primary N) is 1. The van der Waals surface area contributed by atoms with Crippen molar-refractivity contribution >= 4 is 5.69 Å². The van der Waals surface area contributed by atoms with E-state index in [0.717, 1.165) is 26.1 Å². The zero-order valence-electron chi connectivity index (χ0n) is 12.9. The molecule has 1 aliphatic rings. The van der Waals surface area contributed by atoms with E-state index in [2.05, 4.69) is 55.1 Å². The molecule has 0 bridgehead atoms.